The quantitative estimate of drug-likeness (QED) is 0.204. The number of alkyl halides is 2. The van der Waals surface area contributed by atoms with Crippen LogP contribution in [-0.4, -0.2) is 69.8 Å². The zero-order valence-electron chi connectivity index (χ0n) is 24.8. The molecule has 0 saturated heterocycles. The zero-order chi connectivity index (χ0) is 31.7. The molecular weight excluding hydrogens is 591 g/mol. The summed E-state index contributed by atoms with van der Waals surface area (Å²) < 4.78 is 48.3. The minimum atomic E-state index is -2.61. The summed E-state index contributed by atoms with van der Waals surface area (Å²) >= 11 is 0. The van der Waals surface area contributed by atoms with Crippen LogP contribution in [0.3, 0.4) is 0 Å². The van der Waals surface area contributed by atoms with Crippen LogP contribution in [0.2, 0.25) is 0 Å². The third-order valence-electron chi connectivity index (χ3n) is 8.14. The number of anilines is 2. The number of halogens is 3. The molecule has 1 saturated carbocycles. The summed E-state index contributed by atoms with van der Waals surface area (Å²) in [5.41, 5.74) is 0.822. The molecule has 45 heavy (non-hydrogen) atoms. The van der Waals surface area contributed by atoms with Gasteiger partial charge in [-0.3, -0.25) is 9.89 Å². The Morgan fingerprint density at radius 3 is 2.60 bits per heavy atom. The largest absolute Gasteiger partial charge is 0.368 e. The molecule has 0 aliphatic heterocycles. The number of carbonyl (C=O) groups is 1. The number of aromatic nitrogens is 9. The smallest absolute Gasteiger partial charge is 0.258 e. The number of H-pyrrole nitrogens is 1. The van der Waals surface area contributed by atoms with Crippen LogP contribution in [-0.2, 0) is 16.1 Å². The maximum atomic E-state index is 13.6. The van der Waals surface area contributed by atoms with Gasteiger partial charge in [-0.1, -0.05) is 6.07 Å². The van der Waals surface area contributed by atoms with Crippen LogP contribution in [0.4, 0.5) is 24.8 Å². The zero-order valence-corrected chi connectivity index (χ0v) is 24.8. The number of amides is 1. The van der Waals surface area contributed by atoms with Crippen molar-refractivity contribution in [2.24, 2.45) is 0 Å². The number of fused-ring (bicyclic) bond motifs is 1. The number of carbonyl (C=O) groups excluding carboxylic acids is 1. The Balaban J connectivity index is 1.17. The monoisotopic (exact) mass is 623 g/mol. The highest BCUT2D eigenvalue weighted by molar-refractivity contribution is 5.88. The van der Waals surface area contributed by atoms with Gasteiger partial charge in [-0.2, -0.15) is 15.3 Å². The number of hydrogen-bond acceptors (Lipinski definition) is 9. The summed E-state index contributed by atoms with van der Waals surface area (Å²) in [5.74, 6) is 0.980. The van der Waals surface area contributed by atoms with Gasteiger partial charge in [-0.05, 0) is 51.2 Å². The fourth-order valence-corrected chi connectivity index (χ4v) is 5.61. The standard InChI is InChI=1S/C29H32F3N11O2/c1-16-10-23(41-40-16)37-26-21-13-35-43(15-22(31)32)27(21)39-25(38-26)18-6-8-29(45-3,9-7-18)28(44)36-17(2)19-4-5-24(33-11-19)42-14-20(30)12-34-42/h4-5,10-14,17-18,22H,6-9,15H2,1-3H3,(H,36,44)(H2,37,38,39,40,41)/t17-,18?,29?/m0/s1. The molecule has 0 radical (unpaired) electrons. The van der Waals surface area contributed by atoms with Gasteiger partial charge in [0.1, 0.15) is 23.8 Å². The Morgan fingerprint density at radius 1 is 1.18 bits per heavy atom. The highest BCUT2D eigenvalue weighted by Gasteiger charge is 2.43. The lowest BCUT2D eigenvalue weighted by Gasteiger charge is -2.38. The molecule has 1 aliphatic rings. The van der Waals surface area contributed by atoms with Crippen LogP contribution in [0.25, 0.3) is 16.9 Å². The molecule has 16 heteroatoms. The molecular formula is C29H32F3N11O2. The second kappa shape index (κ2) is 12.3. The molecule has 0 spiro atoms. The van der Waals surface area contributed by atoms with Crippen LogP contribution in [0, 0.1) is 12.7 Å². The number of rotatable bonds is 10. The normalized spacial score (nSPS) is 19.2. The SMILES string of the molecule is COC1(C(=O)N[C@@H](C)c2ccc(-n3cc(F)cn3)nc2)CCC(c2nc(Nc3cc(C)[nH]n3)c3cnn(CC(F)F)c3n2)CC1. The number of aromatic amines is 1. The highest BCUT2D eigenvalue weighted by atomic mass is 19.3. The average Bonchev–Trinajstić information content (AvgIpc) is 3.77. The lowest BCUT2D eigenvalue weighted by Crippen LogP contribution is -2.50. The Morgan fingerprint density at radius 2 is 1.98 bits per heavy atom. The van der Waals surface area contributed by atoms with Crippen molar-refractivity contribution in [2.45, 2.75) is 70.1 Å². The van der Waals surface area contributed by atoms with E-state index in [1.54, 1.807) is 24.4 Å². The fraction of sp³-hybridized carbons (Fsp3) is 0.414. The van der Waals surface area contributed by atoms with E-state index in [-0.39, 0.29) is 17.9 Å². The summed E-state index contributed by atoms with van der Waals surface area (Å²) in [5, 5.41) is 21.8. The summed E-state index contributed by atoms with van der Waals surface area (Å²) in [4.78, 5) is 27.3. The van der Waals surface area contributed by atoms with Gasteiger partial charge in [0, 0.05) is 31.0 Å². The number of nitrogens with zero attached hydrogens (tertiary/aromatic N) is 8. The molecule has 1 amide bonds. The number of hydrogen-bond donors (Lipinski definition) is 3. The van der Waals surface area contributed by atoms with E-state index in [0.717, 1.165) is 17.5 Å². The minimum absolute atomic E-state index is 0.150. The van der Waals surface area contributed by atoms with Crippen molar-refractivity contribution in [2.75, 3.05) is 12.4 Å². The van der Waals surface area contributed by atoms with Crippen LogP contribution in [0.15, 0.2) is 43.0 Å². The molecule has 5 aromatic rings. The maximum absolute atomic E-state index is 13.6. The van der Waals surface area contributed by atoms with Crippen LogP contribution >= 0.6 is 0 Å². The Hall–Kier alpha value is -4.86. The molecule has 236 valence electrons. The highest BCUT2D eigenvalue weighted by Crippen LogP contribution is 2.40. The van der Waals surface area contributed by atoms with E-state index in [1.807, 2.05) is 13.8 Å². The van der Waals surface area contributed by atoms with Crippen molar-refractivity contribution in [3.63, 3.8) is 0 Å². The lowest BCUT2D eigenvalue weighted by molar-refractivity contribution is -0.148. The first-order chi connectivity index (χ1) is 21.6. The van der Waals surface area contributed by atoms with Gasteiger partial charge in [0.05, 0.1) is 30.0 Å². The van der Waals surface area contributed by atoms with Crippen molar-refractivity contribution in [3.05, 3.63) is 65.9 Å². The molecule has 0 unspecified atom stereocenters. The Bertz CT molecular complexity index is 1790. The summed E-state index contributed by atoms with van der Waals surface area (Å²) in [6.45, 7) is 3.11. The van der Waals surface area contributed by atoms with Gasteiger partial charge in [0.15, 0.2) is 23.1 Å². The third kappa shape index (κ3) is 6.22. The second-order valence-corrected chi connectivity index (χ2v) is 11.2. The van der Waals surface area contributed by atoms with E-state index >= 15 is 0 Å². The topological polar surface area (TPSA) is 153 Å². The molecule has 3 N–H and O–H groups in total. The van der Waals surface area contributed by atoms with Gasteiger partial charge < -0.3 is 15.4 Å². The van der Waals surface area contributed by atoms with Gasteiger partial charge >= 0.3 is 0 Å². The number of methoxy groups -OCH3 is 1. The fourth-order valence-electron chi connectivity index (χ4n) is 5.61. The van der Waals surface area contributed by atoms with Crippen molar-refractivity contribution in [3.8, 4) is 5.82 Å². The molecule has 0 bridgehead atoms. The van der Waals surface area contributed by atoms with E-state index < -0.39 is 24.4 Å². The number of pyridine rings is 1. The van der Waals surface area contributed by atoms with Crippen LogP contribution < -0.4 is 10.6 Å². The minimum Gasteiger partial charge on any atom is -0.368 e. The first-order valence-corrected chi connectivity index (χ1v) is 14.5. The number of ether oxygens (including phenoxy) is 1. The maximum Gasteiger partial charge on any atom is 0.258 e. The molecule has 1 atom stereocenters. The van der Waals surface area contributed by atoms with Gasteiger partial charge in [0.2, 0.25) is 0 Å². The van der Waals surface area contributed by atoms with E-state index in [4.69, 9.17) is 9.72 Å². The predicted octanol–water partition coefficient (Wildman–Crippen LogP) is 4.51. The summed E-state index contributed by atoms with van der Waals surface area (Å²) in [7, 11) is 1.52. The molecule has 1 aliphatic carbocycles. The van der Waals surface area contributed by atoms with Crippen molar-refractivity contribution in [1.29, 1.82) is 0 Å². The molecule has 1 fully saturated rings. The average molecular weight is 624 g/mol. The molecule has 13 nitrogen and oxygen atoms in total. The van der Waals surface area contributed by atoms with Crippen molar-refractivity contribution >= 4 is 28.6 Å². The van der Waals surface area contributed by atoms with Crippen molar-refractivity contribution in [1.82, 2.24) is 50.0 Å². The molecule has 5 heterocycles. The third-order valence-corrected chi connectivity index (χ3v) is 8.14. The number of aryl methyl sites for hydroxylation is 1. The first kappa shape index (κ1) is 30.2. The predicted molar refractivity (Wildman–Crippen MR) is 157 cm³/mol. The second-order valence-electron chi connectivity index (χ2n) is 11.2. The van der Waals surface area contributed by atoms with Crippen LogP contribution in [0.5, 0.6) is 0 Å². The first-order valence-electron chi connectivity index (χ1n) is 14.5. The Kier molecular flexibility index (Phi) is 8.22. The van der Waals surface area contributed by atoms with E-state index in [1.165, 1.54) is 28.9 Å². The van der Waals surface area contributed by atoms with E-state index in [2.05, 4.69) is 41.0 Å². The van der Waals surface area contributed by atoms with Gasteiger partial charge in [-0.25, -0.2) is 37.5 Å². The number of nitrogens with one attached hydrogen (secondary N) is 3. The van der Waals surface area contributed by atoms with Gasteiger partial charge in [-0.15, -0.1) is 0 Å². The molecule has 0 aromatic carbocycles. The van der Waals surface area contributed by atoms with E-state index in [9.17, 15) is 18.0 Å². The molecule has 5 aromatic heterocycles. The van der Waals surface area contributed by atoms with Crippen LogP contribution in [0.1, 0.15) is 61.6 Å². The van der Waals surface area contributed by atoms with Crippen molar-refractivity contribution < 1.29 is 22.7 Å². The molecule has 6 rings (SSSR count). The van der Waals surface area contributed by atoms with Gasteiger partial charge in [0.25, 0.3) is 12.3 Å². The lowest BCUT2D eigenvalue weighted by atomic mass is 9.77. The van der Waals surface area contributed by atoms with E-state index in [0.29, 0.717) is 60.0 Å². The Labute approximate surface area is 255 Å². The summed E-state index contributed by atoms with van der Waals surface area (Å²) in [6.07, 6.45) is 4.64. The summed E-state index contributed by atoms with van der Waals surface area (Å²) in [6, 6.07) is 4.92.